The van der Waals surface area contributed by atoms with Crippen LogP contribution in [0.15, 0.2) is 42.5 Å². The SMILES string of the molecule is CC(C)c1ccc(C(C)Nc2ccc(F)c(Cl)c2)cc1. The molecule has 2 aromatic rings. The Morgan fingerprint density at radius 3 is 2.10 bits per heavy atom. The summed E-state index contributed by atoms with van der Waals surface area (Å²) in [6, 6.07) is 13.4. The molecule has 2 rings (SSSR count). The van der Waals surface area contributed by atoms with Crippen LogP contribution in [0.5, 0.6) is 0 Å². The van der Waals surface area contributed by atoms with Gasteiger partial charge in [-0.1, -0.05) is 49.7 Å². The molecule has 0 aromatic heterocycles. The van der Waals surface area contributed by atoms with Crippen molar-refractivity contribution in [3.8, 4) is 0 Å². The van der Waals surface area contributed by atoms with E-state index in [1.54, 1.807) is 12.1 Å². The van der Waals surface area contributed by atoms with Crippen LogP contribution in [0.4, 0.5) is 10.1 Å². The number of benzene rings is 2. The maximum Gasteiger partial charge on any atom is 0.141 e. The van der Waals surface area contributed by atoms with E-state index in [2.05, 4.69) is 50.4 Å². The van der Waals surface area contributed by atoms with E-state index in [-0.39, 0.29) is 11.1 Å². The zero-order valence-corrected chi connectivity index (χ0v) is 12.7. The predicted octanol–water partition coefficient (Wildman–Crippen LogP) is 5.78. The van der Waals surface area contributed by atoms with Gasteiger partial charge in [-0.15, -0.1) is 0 Å². The van der Waals surface area contributed by atoms with Gasteiger partial charge in [-0.25, -0.2) is 4.39 Å². The standard InChI is InChI=1S/C17H19ClFN/c1-11(2)13-4-6-14(7-5-13)12(3)20-15-8-9-17(19)16(18)10-15/h4-12,20H,1-3H3. The van der Waals surface area contributed by atoms with Gasteiger partial charge in [-0.2, -0.15) is 0 Å². The highest BCUT2D eigenvalue weighted by Crippen LogP contribution is 2.24. The Hall–Kier alpha value is -1.54. The summed E-state index contributed by atoms with van der Waals surface area (Å²) in [4.78, 5) is 0. The molecule has 0 saturated heterocycles. The average molecular weight is 292 g/mol. The van der Waals surface area contributed by atoms with Gasteiger partial charge in [0, 0.05) is 11.7 Å². The summed E-state index contributed by atoms with van der Waals surface area (Å²) in [5, 5.41) is 3.46. The van der Waals surface area contributed by atoms with E-state index in [9.17, 15) is 4.39 Å². The molecule has 0 spiro atoms. The first-order chi connectivity index (χ1) is 9.47. The van der Waals surface area contributed by atoms with Crippen LogP contribution in [0.1, 0.15) is 43.9 Å². The Kier molecular flexibility index (Phi) is 4.66. The highest BCUT2D eigenvalue weighted by molar-refractivity contribution is 6.31. The number of rotatable bonds is 4. The number of hydrogen-bond donors (Lipinski definition) is 1. The molecule has 2 aromatic carbocycles. The molecule has 1 unspecified atom stereocenters. The lowest BCUT2D eigenvalue weighted by Gasteiger charge is -2.17. The Bertz CT molecular complexity index is 578. The average Bonchev–Trinajstić information content (AvgIpc) is 2.43. The predicted molar refractivity (Wildman–Crippen MR) is 84.0 cm³/mol. The second kappa shape index (κ2) is 6.27. The van der Waals surface area contributed by atoms with Gasteiger partial charge in [0.25, 0.3) is 0 Å². The fraction of sp³-hybridized carbons (Fsp3) is 0.294. The van der Waals surface area contributed by atoms with E-state index in [0.29, 0.717) is 5.92 Å². The highest BCUT2D eigenvalue weighted by Gasteiger charge is 2.08. The normalized spacial score (nSPS) is 12.5. The van der Waals surface area contributed by atoms with Crippen molar-refractivity contribution in [2.75, 3.05) is 5.32 Å². The van der Waals surface area contributed by atoms with E-state index in [1.807, 2.05) is 0 Å². The molecule has 0 aliphatic rings. The van der Waals surface area contributed by atoms with E-state index >= 15 is 0 Å². The van der Waals surface area contributed by atoms with Crippen molar-refractivity contribution in [3.63, 3.8) is 0 Å². The lowest BCUT2D eigenvalue weighted by atomic mass is 9.99. The topological polar surface area (TPSA) is 12.0 Å². The van der Waals surface area contributed by atoms with Crippen molar-refractivity contribution < 1.29 is 4.39 Å². The summed E-state index contributed by atoms with van der Waals surface area (Å²) < 4.78 is 13.1. The van der Waals surface area contributed by atoms with Gasteiger partial charge in [-0.3, -0.25) is 0 Å². The van der Waals surface area contributed by atoms with E-state index in [1.165, 1.54) is 17.2 Å². The molecule has 0 heterocycles. The minimum atomic E-state index is -0.397. The van der Waals surface area contributed by atoms with Gasteiger partial charge in [0.05, 0.1) is 5.02 Å². The molecule has 3 heteroatoms. The number of anilines is 1. The Balaban J connectivity index is 2.10. The highest BCUT2D eigenvalue weighted by atomic mass is 35.5. The molecule has 1 N–H and O–H groups in total. The first-order valence-corrected chi connectivity index (χ1v) is 7.16. The molecule has 0 fully saturated rings. The van der Waals surface area contributed by atoms with Crippen LogP contribution >= 0.6 is 11.6 Å². The Morgan fingerprint density at radius 2 is 1.55 bits per heavy atom. The largest absolute Gasteiger partial charge is 0.378 e. The molecule has 20 heavy (non-hydrogen) atoms. The molecular weight excluding hydrogens is 273 g/mol. The third-order valence-electron chi connectivity index (χ3n) is 3.41. The van der Waals surface area contributed by atoms with E-state index < -0.39 is 5.82 Å². The van der Waals surface area contributed by atoms with Gasteiger partial charge >= 0.3 is 0 Å². The summed E-state index contributed by atoms with van der Waals surface area (Å²) in [5.41, 5.74) is 3.33. The monoisotopic (exact) mass is 291 g/mol. The van der Waals surface area contributed by atoms with Crippen LogP contribution in [0.25, 0.3) is 0 Å². The lowest BCUT2D eigenvalue weighted by molar-refractivity contribution is 0.628. The van der Waals surface area contributed by atoms with Crippen molar-refractivity contribution in [1.29, 1.82) is 0 Å². The Labute approximate surface area is 124 Å². The van der Waals surface area contributed by atoms with Gasteiger partial charge in [-0.05, 0) is 42.2 Å². The van der Waals surface area contributed by atoms with Crippen molar-refractivity contribution in [1.82, 2.24) is 0 Å². The summed E-state index contributed by atoms with van der Waals surface area (Å²) >= 11 is 5.78. The number of hydrogen-bond acceptors (Lipinski definition) is 1. The summed E-state index contributed by atoms with van der Waals surface area (Å²) in [5.74, 6) is 0.134. The van der Waals surface area contributed by atoms with Crippen molar-refractivity contribution in [2.45, 2.75) is 32.7 Å². The molecule has 0 aliphatic heterocycles. The second-order valence-corrected chi connectivity index (χ2v) is 5.72. The van der Waals surface area contributed by atoms with Crippen molar-refractivity contribution in [3.05, 3.63) is 64.4 Å². The molecule has 1 atom stereocenters. The van der Waals surface area contributed by atoms with Crippen LogP contribution in [0.2, 0.25) is 5.02 Å². The van der Waals surface area contributed by atoms with Gasteiger partial charge < -0.3 is 5.32 Å². The Morgan fingerprint density at radius 1 is 0.950 bits per heavy atom. The third-order valence-corrected chi connectivity index (χ3v) is 3.70. The molecule has 0 radical (unpaired) electrons. The number of halogens is 2. The minimum absolute atomic E-state index is 0.136. The van der Waals surface area contributed by atoms with E-state index in [4.69, 9.17) is 11.6 Å². The first-order valence-electron chi connectivity index (χ1n) is 6.79. The quantitative estimate of drug-likeness (QED) is 0.753. The number of nitrogens with one attached hydrogen (secondary N) is 1. The maximum atomic E-state index is 13.1. The summed E-state index contributed by atoms with van der Waals surface area (Å²) in [6.07, 6.45) is 0. The zero-order valence-electron chi connectivity index (χ0n) is 12.0. The fourth-order valence-corrected chi connectivity index (χ4v) is 2.27. The van der Waals surface area contributed by atoms with Crippen LogP contribution < -0.4 is 5.32 Å². The fourth-order valence-electron chi connectivity index (χ4n) is 2.09. The first kappa shape index (κ1) is 14.9. The van der Waals surface area contributed by atoms with E-state index in [0.717, 1.165) is 5.69 Å². The smallest absolute Gasteiger partial charge is 0.141 e. The van der Waals surface area contributed by atoms with Crippen molar-refractivity contribution >= 4 is 17.3 Å². The van der Waals surface area contributed by atoms with Crippen LogP contribution in [0, 0.1) is 5.82 Å². The molecule has 0 aliphatic carbocycles. The third kappa shape index (κ3) is 3.51. The van der Waals surface area contributed by atoms with Gasteiger partial charge in [0.2, 0.25) is 0 Å². The molecular formula is C17H19ClFN. The molecule has 0 amide bonds. The van der Waals surface area contributed by atoms with Crippen LogP contribution in [-0.2, 0) is 0 Å². The van der Waals surface area contributed by atoms with Gasteiger partial charge in [0.15, 0.2) is 0 Å². The maximum absolute atomic E-state index is 13.1. The molecule has 1 nitrogen and oxygen atoms in total. The minimum Gasteiger partial charge on any atom is -0.378 e. The van der Waals surface area contributed by atoms with Crippen LogP contribution in [-0.4, -0.2) is 0 Å². The van der Waals surface area contributed by atoms with Crippen molar-refractivity contribution in [2.24, 2.45) is 0 Å². The summed E-state index contributed by atoms with van der Waals surface area (Å²) in [7, 11) is 0. The molecule has 0 bridgehead atoms. The summed E-state index contributed by atoms with van der Waals surface area (Å²) in [6.45, 7) is 6.43. The zero-order chi connectivity index (χ0) is 14.7. The second-order valence-electron chi connectivity index (χ2n) is 5.32. The molecule has 0 saturated carbocycles. The molecule has 106 valence electrons. The van der Waals surface area contributed by atoms with Gasteiger partial charge in [0.1, 0.15) is 5.82 Å². The van der Waals surface area contributed by atoms with Crippen LogP contribution in [0.3, 0.4) is 0 Å². The lowest BCUT2D eigenvalue weighted by Crippen LogP contribution is -2.06.